The van der Waals surface area contributed by atoms with Crippen LogP contribution in [0, 0.1) is 10.1 Å². The maximum atomic E-state index is 12.5. The van der Waals surface area contributed by atoms with Crippen molar-refractivity contribution in [1.29, 1.82) is 0 Å². The SMILES string of the molecule is CCOC(=O)c1c([N+](=O)[O-])ncc(C(F)F)c1N. The Labute approximate surface area is 99.7 Å². The highest BCUT2D eigenvalue weighted by molar-refractivity contribution is 5.99. The third kappa shape index (κ3) is 2.50. The maximum absolute atomic E-state index is 12.5. The fourth-order valence-electron chi connectivity index (χ4n) is 1.25. The summed E-state index contributed by atoms with van der Waals surface area (Å²) in [7, 11) is 0. The third-order valence-electron chi connectivity index (χ3n) is 2.02. The van der Waals surface area contributed by atoms with Gasteiger partial charge in [-0.25, -0.2) is 13.6 Å². The fraction of sp³-hybridized carbons (Fsp3) is 0.333. The molecular formula is C9H9F2N3O4. The number of carbonyl (C=O) groups excluding carboxylic acids is 1. The van der Waals surface area contributed by atoms with Crippen LogP contribution in [0.15, 0.2) is 6.20 Å². The van der Waals surface area contributed by atoms with E-state index in [0.29, 0.717) is 6.20 Å². The molecule has 0 amide bonds. The Morgan fingerprint density at radius 3 is 2.72 bits per heavy atom. The van der Waals surface area contributed by atoms with Crippen molar-refractivity contribution in [1.82, 2.24) is 4.98 Å². The van der Waals surface area contributed by atoms with Crippen molar-refractivity contribution in [3.05, 3.63) is 27.4 Å². The standard InChI is InChI=1S/C9H9F2N3O4/c1-2-18-9(15)5-6(12)4(7(10)11)3-13-8(5)14(16)17/h3,7H,2H2,1H3,(H2,12,13). The Hall–Kier alpha value is -2.32. The van der Waals surface area contributed by atoms with Gasteiger partial charge in [-0.3, -0.25) is 0 Å². The smallest absolute Gasteiger partial charge is 0.380 e. The predicted molar refractivity (Wildman–Crippen MR) is 56.2 cm³/mol. The molecule has 18 heavy (non-hydrogen) atoms. The number of esters is 1. The number of anilines is 1. The van der Waals surface area contributed by atoms with Crippen LogP contribution in [0.2, 0.25) is 0 Å². The largest absolute Gasteiger partial charge is 0.462 e. The van der Waals surface area contributed by atoms with Crippen LogP contribution in [0.1, 0.15) is 29.3 Å². The molecule has 0 unspecified atom stereocenters. The van der Waals surface area contributed by atoms with E-state index >= 15 is 0 Å². The number of rotatable bonds is 4. The molecule has 1 aromatic heterocycles. The zero-order valence-corrected chi connectivity index (χ0v) is 9.22. The molecule has 0 saturated carbocycles. The van der Waals surface area contributed by atoms with Gasteiger partial charge in [-0.15, -0.1) is 0 Å². The summed E-state index contributed by atoms with van der Waals surface area (Å²) in [5.74, 6) is -2.06. The molecule has 1 aromatic rings. The third-order valence-corrected chi connectivity index (χ3v) is 2.02. The molecular weight excluding hydrogens is 252 g/mol. The number of ether oxygens (including phenoxy) is 1. The van der Waals surface area contributed by atoms with E-state index < -0.39 is 40.0 Å². The van der Waals surface area contributed by atoms with E-state index in [1.54, 1.807) is 0 Å². The van der Waals surface area contributed by atoms with Crippen molar-refractivity contribution >= 4 is 17.5 Å². The maximum Gasteiger partial charge on any atom is 0.380 e. The second-order valence-electron chi connectivity index (χ2n) is 3.10. The average Bonchev–Trinajstić information content (AvgIpc) is 2.27. The molecule has 9 heteroatoms. The Bertz CT molecular complexity index is 493. The summed E-state index contributed by atoms with van der Waals surface area (Å²) in [5, 5.41) is 10.7. The fourth-order valence-corrected chi connectivity index (χ4v) is 1.25. The minimum atomic E-state index is -2.99. The van der Waals surface area contributed by atoms with E-state index in [1.807, 2.05) is 0 Å². The van der Waals surface area contributed by atoms with Gasteiger partial charge < -0.3 is 20.6 Å². The van der Waals surface area contributed by atoms with Gasteiger partial charge in [0.1, 0.15) is 0 Å². The first-order valence-electron chi connectivity index (χ1n) is 4.78. The van der Waals surface area contributed by atoms with Crippen molar-refractivity contribution in [2.45, 2.75) is 13.3 Å². The molecule has 0 aliphatic rings. The van der Waals surface area contributed by atoms with E-state index in [-0.39, 0.29) is 6.61 Å². The number of aromatic nitrogens is 1. The van der Waals surface area contributed by atoms with Crippen LogP contribution in [-0.4, -0.2) is 22.5 Å². The summed E-state index contributed by atoms with van der Waals surface area (Å²) in [5.41, 5.74) is 3.14. The van der Waals surface area contributed by atoms with Gasteiger partial charge in [-0.05, 0) is 16.8 Å². The van der Waals surface area contributed by atoms with E-state index in [2.05, 4.69) is 9.72 Å². The van der Waals surface area contributed by atoms with Gasteiger partial charge in [-0.2, -0.15) is 0 Å². The lowest BCUT2D eigenvalue weighted by Crippen LogP contribution is -2.14. The number of nitro groups is 1. The summed E-state index contributed by atoms with van der Waals surface area (Å²) in [6.45, 7) is 1.39. The van der Waals surface area contributed by atoms with Gasteiger partial charge >= 0.3 is 11.8 Å². The molecule has 98 valence electrons. The number of nitrogens with two attached hydrogens (primary N) is 1. The number of alkyl halides is 2. The molecule has 0 aromatic carbocycles. The summed E-state index contributed by atoms with van der Waals surface area (Å²) < 4.78 is 29.6. The summed E-state index contributed by atoms with van der Waals surface area (Å²) in [6, 6.07) is 0. The molecule has 7 nitrogen and oxygen atoms in total. The van der Waals surface area contributed by atoms with E-state index in [4.69, 9.17) is 5.73 Å². The van der Waals surface area contributed by atoms with Gasteiger partial charge in [0.05, 0.1) is 17.9 Å². The van der Waals surface area contributed by atoms with Crippen LogP contribution >= 0.6 is 0 Å². The van der Waals surface area contributed by atoms with Crippen LogP contribution in [-0.2, 0) is 4.74 Å². The molecule has 1 rings (SSSR count). The Balaban J connectivity index is 3.45. The van der Waals surface area contributed by atoms with E-state index in [1.165, 1.54) is 6.92 Å². The number of pyridine rings is 1. The monoisotopic (exact) mass is 261 g/mol. The molecule has 0 atom stereocenters. The molecule has 1 heterocycles. The first-order chi connectivity index (χ1) is 8.40. The summed E-state index contributed by atoms with van der Waals surface area (Å²) in [4.78, 5) is 24.3. The number of carbonyl (C=O) groups is 1. The highest BCUT2D eigenvalue weighted by Crippen LogP contribution is 2.31. The number of hydrogen-bond acceptors (Lipinski definition) is 6. The molecule has 0 radical (unpaired) electrons. The topological polar surface area (TPSA) is 108 Å². The minimum Gasteiger partial charge on any atom is -0.462 e. The Morgan fingerprint density at radius 2 is 2.28 bits per heavy atom. The highest BCUT2D eigenvalue weighted by Gasteiger charge is 2.30. The Kier molecular flexibility index (Phi) is 4.08. The zero-order valence-electron chi connectivity index (χ0n) is 9.22. The van der Waals surface area contributed by atoms with Crippen molar-refractivity contribution in [2.24, 2.45) is 0 Å². The van der Waals surface area contributed by atoms with Crippen molar-refractivity contribution in [3.63, 3.8) is 0 Å². The van der Waals surface area contributed by atoms with Gasteiger partial charge in [0, 0.05) is 0 Å². The minimum absolute atomic E-state index is 0.0751. The normalized spacial score (nSPS) is 10.4. The lowest BCUT2D eigenvalue weighted by Gasteiger charge is -2.08. The number of nitrogens with zero attached hydrogens (tertiary/aromatic N) is 2. The average molecular weight is 261 g/mol. The van der Waals surface area contributed by atoms with E-state index in [9.17, 15) is 23.7 Å². The van der Waals surface area contributed by atoms with Gasteiger partial charge in [-0.1, -0.05) is 0 Å². The molecule has 0 spiro atoms. The van der Waals surface area contributed by atoms with Crippen molar-refractivity contribution in [3.8, 4) is 0 Å². The first-order valence-corrected chi connectivity index (χ1v) is 4.78. The van der Waals surface area contributed by atoms with Crippen LogP contribution < -0.4 is 5.73 Å². The van der Waals surface area contributed by atoms with Crippen LogP contribution in [0.25, 0.3) is 0 Å². The quantitative estimate of drug-likeness (QED) is 0.501. The number of hydrogen-bond donors (Lipinski definition) is 1. The van der Waals surface area contributed by atoms with Crippen LogP contribution in [0.4, 0.5) is 20.3 Å². The second-order valence-corrected chi connectivity index (χ2v) is 3.10. The predicted octanol–water partition coefficient (Wildman–Crippen LogP) is 1.69. The van der Waals surface area contributed by atoms with Crippen molar-refractivity contribution in [2.75, 3.05) is 12.3 Å². The lowest BCUT2D eigenvalue weighted by atomic mass is 10.1. The molecule has 0 fully saturated rings. The number of halogens is 2. The number of nitrogen functional groups attached to an aromatic ring is 1. The second kappa shape index (κ2) is 5.34. The highest BCUT2D eigenvalue weighted by atomic mass is 19.3. The molecule has 0 bridgehead atoms. The lowest BCUT2D eigenvalue weighted by molar-refractivity contribution is -0.389. The molecule has 2 N–H and O–H groups in total. The van der Waals surface area contributed by atoms with Crippen LogP contribution in [0.3, 0.4) is 0 Å². The summed E-state index contributed by atoms with van der Waals surface area (Å²) >= 11 is 0. The first kappa shape index (κ1) is 13.7. The van der Waals surface area contributed by atoms with Crippen LogP contribution in [0.5, 0.6) is 0 Å². The molecule has 0 aliphatic heterocycles. The summed E-state index contributed by atoms with van der Waals surface area (Å²) in [6.07, 6.45) is -2.42. The van der Waals surface area contributed by atoms with Gasteiger partial charge in [0.25, 0.3) is 6.43 Å². The van der Waals surface area contributed by atoms with Crippen molar-refractivity contribution < 1.29 is 23.2 Å². The van der Waals surface area contributed by atoms with Gasteiger partial charge in [0.15, 0.2) is 11.8 Å². The Morgan fingerprint density at radius 1 is 1.67 bits per heavy atom. The van der Waals surface area contributed by atoms with E-state index in [0.717, 1.165) is 0 Å². The zero-order chi connectivity index (χ0) is 13.9. The van der Waals surface area contributed by atoms with Gasteiger partial charge in [0.2, 0.25) is 0 Å². The molecule has 0 aliphatic carbocycles. The molecule has 0 saturated heterocycles.